The number of nitrogens with one attached hydrogen (secondary N) is 2. The Hall–Kier alpha value is -1.62. The lowest BCUT2D eigenvalue weighted by Crippen LogP contribution is -2.57. The van der Waals surface area contributed by atoms with Gasteiger partial charge in [-0.25, -0.2) is 0 Å². The molecule has 0 radical (unpaired) electrons. The molecule has 4 aliphatic rings. The predicted octanol–water partition coefficient (Wildman–Crippen LogP) is 4.21. The van der Waals surface area contributed by atoms with Crippen LogP contribution in [0.5, 0.6) is 5.75 Å². The zero-order valence-electron chi connectivity index (χ0n) is 16.5. The predicted molar refractivity (Wildman–Crippen MR) is 111 cm³/mol. The van der Waals surface area contributed by atoms with Gasteiger partial charge < -0.3 is 10.1 Å². The van der Waals surface area contributed by atoms with E-state index in [4.69, 9.17) is 17.0 Å². The van der Waals surface area contributed by atoms with Crippen LogP contribution in [0.15, 0.2) is 18.2 Å². The fraction of sp³-hybridized carbons (Fsp3) is 0.636. The van der Waals surface area contributed by atoms with Crippen molar-refractivity contribution in [1.82, 2.24) is 10.6 Å². The second-order valence-corrected chi connectivity index (χ2v) is 9.49. The summed E-state index contributed by atoms with van der Waals surface area (Å²) in [7, 11) is 1.59. The fourth-order valence-corrected chi connectivity index (χ4v) is 6.64. The largest absolute Gasteiger partial charge is 0.496 e. The maximum absolute atomic E-state index is 12.7. The molecule has 4 bridgehead atoms. The number of benzene rings is 1. The summed E-state index contributed by atoms with van der Waals surface area (Å²) in [6.45, 7) is 4.18. The van der Waals surface area contributed by atoms with Gasteiger partial charge in [0.2, 0.25) is 0 Å². The minimum Gasteiger partial charge on any atom is -0.496 e. The van der Waals surface area contributed by atoms with E-state index in [2.05, 4.69) is 17.6 Å². The maximum atomic E-state index is 12.7. The molecule has 4 saturated carbocycles. The molecule has 4 aliphatic carbocycles. The molecule has 0 spiro atoms. The molecule has 5 heteroatoms. The number of methoxy groups -OCH3 is 1. The quantitative estimate of drug-likeness (QED) is 0.761. The Morgan fingerprint density at radius 1 is 1.19 bits per heavy atom. The van der Waals surface area contributed by atoms with Crippen LogP contribution >= 0.6 is 12.2 Å². The summed E-state index contributed by atoms with van der Waals surface area (Å²) < 4.78 is 5.40. The van der Waals surface area contributed by atoms with E-state index in [1.807, 2.05) is 19.1 Å². The molecule has 0 saturated heterocycles. The van der Waals surface area contributed by atoms with E-state index in [0.29, 0.717) is 21.8 Å². The summed E-state index contributed by atoms with van der Waals surface area (Å²) in [5.74, 6) is 3.10. The molecule has 27 heavy (non-hydrogen) atoms. The lowest BCUT2D eigenvalue weighted by molar-refractivity contribution is -0.0672. The van der Waals surface area contributed by atoms with Gasteiger partial charge in [0.25, 0.3) is 5.91 Å². The van der Waals surface area contributed by atoms with E-state index in [1.54, 1.807) is 13.2 Å². The van der Waals surface area contributed by atoms with Crippen LogP contribution in [-0.4, -0.2) is 24.2 Å². The zero-order chi connectivity index (χ0) is 19.2. The average Bonchev–Trinajstić information content (AvgIpc) is 2.60. The first-order valence-corrected chi connectivity index (χ1v) is 10.6. The van der Waals surface area contributed by atoms with E-state index < -0.39 is 0 Å². The molecular formula is C22H30N2O2S. The third kappa shape index (κ3) is 3.46. The van der Waals surface area contributed by atoms with Crippen LogP contribution in [0.1, 0.15) is 61.4 Å². The molecule has 0 aliphatic heterocycles. The normalized spacial score (nSPS) is 32.0. The Balaban J connectivity index is 1.41. The van der Waals surface area contributed by atoms with Crippen molar-refractivity contribution in [2.75, 3.05) is 7.11 Å². The summed E-state index contributed by atoms with van der Waals surface area (Å²) in [5, 5.41) is 6.73. The highest BCUT2D eigenvalue weighted by atomic mass is 32.1. The number of amides is 1. The molecule has 0 aromatic heterocycles. The zero-order valence-corrected chi connectivity index (χ0v) is 17.3. The molecule has 1 aromatic rings. The van der Waals surface area contributed by atoms with Crippen molar-refractivity contribution in [3.63, 3.8) is 0 Å². The second-order valence-electron chi connectivity index (χ2n) is 9.08. The highest BCUT2D eigenvalue weighted by Crippen LogP contribution is 2.61. The molecule has 0 heterocycles. The standard InChI is InChI=1S/C22H30N2O2S/c1-13-5-4-6-18(19(13)26-3)20(25)24-21(27)23-14(2)22-10-15-7-16(11-22)9-17(8-15)12-22/h4-6,14-17H,7-12H2,1-3H3,(H2,23,24,25,27)/t14-,15?,16?,17?,22?/m0/s1. The molecular weight excluding hydrogens is 356 g/mol. The number of thiocarbonyl (C=S) groups is 1. The average molecular weight is 387 g/mol. The summed E-state index contributed by atoms with van der Waals surface area (Å²) in [6.07, 6.45) is 8.24. The molecule has 4 fully saturated rings. The molecule has 0 unspecified atom stereocenters. The third-order valence-electron chi connectivity index (χ3n) is 7.24. The Bertz CT molecular complexity index is 725. The lowest BCUT2D eigenvalue weighted by atomic mass is 9.48. The molecule has 1 amide bonds. The molecule has 1 atom stereocenters. The van der Waals surface area contributed by atoms with Gasteiger partial charge in [-0.3, -0.25) is 10.1 Å². The molecule has 5 rings (SSSR count). The van der Waals surface area contributed by atoms with Gasteiger partial charge in [-0.15, -0.1) is 0 Å². The summed E-state index contributed by atoms with van der Waals surface area (Å²) >= 11 is 5.49. The molecule has 2 N–H and O–H groups in total. The van der Waals surface area contributed by atoms with E-state index >= 15 is 0 Å². The monoisotopic (exact) mass is 386 g/mol. The first-order chi connectivity index (χ1) is 12.9. The van der Waals surface area contributed by atoms with Crippen LogP contribution in [-0.2, 0) is 0 Å². The van der Waals surface area contributed by atoms with E-state index in [0.717, 1.165) is 23.3 Å². The van der Waals surface area contributed by atoms with Crippen molar-refractivity contribution in [2.45, 2.75) is 58.4 Å². The van der Waals surface area contributed by atoms with Gasteiger partial charge in [-0.2, -0.15) is 0 Å². The number of ether oxygens (including phenoxy) is 1. The van der Waals surface area contributed by atoms with Gasteiger partial charge in [0.05, 0.1) is 12.7 Å². The highest BCUT2D eigenvalue weighted by Gasteiger charge is 2.53. The number of rotatable bonds is 4. The molecule has 146 valence electrons. The maximum Gasteiger partial charge on any atom is 0.261 e. The van der Waals surface area contributed by atoms with Gasteiger partial charge in [0.1, 0.15) is 5.75 Å². The van der Waals surface area contributed by atoms with Crippen LogP contribution < -0.4 is 15.4 Å². The number of carbonyl (C=O) groups is 1. The number of hydrogen-bond donors (Lipinski definition) is 2. The van der Waals surface area contributed by atoms with Crippen LogP contribution in [0, 0.1) is 30.1 Å². The summed E-state index contributed by atoms with van der Waals surface area (Å²) in [6, 6.07) is 5.85. The van der Waals surface area contributed by atoms with Gasteiger partial charge in [0.15, 0.2) is 5.11 Å². The minimum atomic E-state index is -0.217. The fourth-order valence-electron chi connectivity index (χ4n) is 6.37. The van der Waals surface area contributed by atoms with Crippen molar-refractivity contribution in [1.29, 1.82) is 0 Å². The Morgan fingerprint density at radius 3 is 2.33 bits per heavy atom. The lowest BCUT2D eigenvalue weighted by Gasteiger charge is -2.59. The van der Waals surface area contributed by atoms with Crippen LogP contribution in [0.3, 0.4) is 0 Å². The third-order valence-corrected chi connectivity index (χ3v) is 7.46. The van der Waals surface area contributed by atoms with Crippen LogP contribution in [0.2, 0.25) is 0 Å². The number of hydrogen-bond acceptors (Lipinski definition) is 3. The Kier molecular flexibility index (Phi) is 4.91. The number of para-hydroxylation sites is 1. The highest BCUT2D eigenvalue weighted by molar-refractivity contribution is 7.80. The first-order valence-electron chi connectivity index (χ1n) is 10.2. The minimum absolute atomic E-state index is 0.217. The molecule has 1 aromatic carbocycles. The van der Waals surface area contributed by atoms with Crippen molar-refractivity contribution in [2.24, 2.45) is 23.2 Å². The SMILES string of the molecule is COc1c(C)cccc1C(=O)NC(=S)N[C@@H](C)C12CC3CC(CC(C3)C1)C2. The second kappa shape index (κ2) is 7.08. The number of carbonyl (C=O) groups excluding carboxylic acids is 1. The van der Waals surface area contributed by atoms with Gasteiger partial charge in [-0.1, -0.05) is 12.1 Å². The van der Waals surface area contributed by atoms with Gasteiger partial charge >= 0.3 is 0 Å². The van der Waals surface area contributed by atoms with Gasteiger partial charge in [0, 0.05) is 6.04 Å². The van der Waals surface area contributed by atoms with Crippen molar-refractivity contribution in [3.8, 4) is 5.75 Å². The Morgan fingerprint density at radius 2 is 1.78 bits per heavy atom. The Labute approximate surface area is 167 Å². The van der Waals surface area contributed by atoms with E-state index in [9.17, 15) is 4.79 Å². The van der Waals surface area contributed by atoms with Crippen LogP contribution in [0.25, 0.3) is 0 Å². The van der Waals surface area contributed by atoms with Gasteiger partial charge in [-0.05, 0) is 99.4 Å². The van der Waals surface area contributed by atoms with Crippen molar-refractivity contribution >= 4 is 23.2 Å². The van der Waals surface area contributed by atoms with Crippen molar-refractivity contribution < 1.29 is 9.53 Å². The smallest absolute Gasteiger partial charge is 0.261 e. The summed E-state index contributed by atoms with van der Waals surface area (Å²) in [4.78, 5) is 12.7. The topological polar surface area (TPSA) is 50.4 Å². The van der Waals surface area contributed by atoms with E-state index in [-0.39, 0.29) is 11.9 Å². The number of aryl methyl sites for hydroxylation is 1. The summed E-state index contributed by atoms with van der Waals surface area (Å²) in [5.41, 5.74) is 1.81. The van der Waals surface area contributed by atoms with Crippen molar-refractivity contribution in [3.05, 3.63) is 29.3 Å². The van der Waals surface area contributed by atoms with Crippen LogP contribution in [0.4, 0.5) is 0 Å². The first kappa shape index (κ1) is 18.7. The van der Waals surface area contributed by atoms with E-state index in [1.165, 1.54) is 38.5 Å². The molecule has 4 nitrogen and oxygen atoms in total.